The first kappa shape index (κ1) is 7.85. The van der Waals surface area contributed by atoms with E-state index in [4.69, 9.17) is 4.74 Å². The lowest BCUT2D eigenvalue weighted by Crippen LogP contribution is -1.86. The number of rotatable bonds is 1. The molecule has 53 valence electrons. The second-order valence-corrected chi connectivity index (χ2v) is 3.13. The molecule has 2 heteroatoms. The van der Waals surface area contributed by atoms with Gasteiger partial charge in [0.2, 0.25) is 0 Å². The first-order chi connectivity index (χ1) is 4.74. The number of hydrogen-bond acceptors (Lipinski definition) is 1. The van der Waals surface area contributed by atoms with E-state index in [0.717, 1.165) is 14.9 Å². The molecular formula is C8H8IO. The maximum absolute atomic E-state index is 5.06. The van der Waals surface area contributed by atoms with E-state index in [9.17, 15) is 0 Å². The Labute approximate surface area is 74.5 Å². The van der Waals surface area contributed by atoms with Gasteiger partial charge in [-0.05, 0) is 47.2 Å². The fraction of sp³-hybridized carbons (Fsp3) is 0.125. The molecule has 0 saturated carbocycles. The Hall–Kier alpha value is -0.250. The molecular weight excluding hydrogens is 239 g/mol. The van der Waals surface area contributed by atoms with Crippen LogP contribution in [0.25, 0.3) is 0 Å². The van der Waals surface area contributed by atoms with Crippen LogP contribution in [0, 0.1) is 10.5 Å². The van der Waals surface area contributed by atoms with Crippen molar-refractivity contribution in [2.45, 2.75) is 0 Å². The highest BCUT2D eigenvalue weighted by molar-refractivity contribution is 14.1. The third kappa shape index (κ3) is 1.62. The topological polar surface area (TPSA) is 9.23 Å². The Kier molecular flexibility index (Phi) is 2.54. The predicted octanol–water partition coefficient (Wildman–Crippen LogP) is 2.48. The molecule has 0 N–H and O–H groups in total. The second kappa shape index (κ2) is 3.23. The van der Waals surface area contributed by atoms with Crippen LogP contribution in [0.5, 0.6) is 5.75 Å². The zero-order chi connectivity index (χ0) is 7.56. The van der Waals surface area contributed by atoms with E-state index < -0.39 is 0 Å². The Balaban J connectivity index is 3.07. The van der Waals surface area contributed by atoms with E-state index >= 15 is 0 Å². The molecule has 0 atom stereocenters. The lowest BCUT2D eigenvalue weighted by molar-refractivity contribution is 0.412. The largest absolute Gasteiger partial charge is 0.496 e. The molecule has 0 unspecified atom stereocenters. The average molecular weight is 247 g/mol. The van der Waals surface area contributed by atoms with Crippen molar-refractivity contribution in [2.24, 2.45) is 0 Å². The van der Waals surface area contributed by atoms with Gasteiger partial charge in [0.1, 0.15) is 5.75 Å². The first-order valence-electron chi connectivity index (χ1n) is 2.89. The van der Waals surface area contributed by atoms with Crippen LogP contribution in [0.2, 0.25) is 0 Å². The minimum atomic E-state index is 0.910. The minimum Gasteiger partial charge on any atom is -0.496 e. The highest BCUT2D eigenvalue weighted by atomic mass is 127. The standard InChI is InChI=1S/C8H8IO/c1-6-3-4-8(10-2)7(9)5-6/h3-5H,1H2,2H3. The third-order valence-electron chi connectivity index (χ3n) is 1.22. The summed E-state index contributed by atoms with van der Waals surface area (Å²) in [6.07, 6.45) is 0. The molecule has 0 heterocycles. The molecule has 0 saturated heterocycles. The molecule has 0 aliphatic rings. The maximum atomic E-state index is 5.06. The van der Waals surface area contributed by atoms with Gasteiger partial charge in [-0.15, -0.1) is 0 Å². The molecule has 0 fully saturated rings. The van der Waals surface area contributed by atoms with Crippen molar-refractivity contribution in [1.82, 2.24) is 0 Å². The van der Waals surface area contributed by atoms with Crippen LogP contribution in [0.15, 0.2) is 18.2 Å². The molecule has 1 nitrogen and oxygen atoms in total. The van der Waals surface area contributed by atoms with Gasteiger partial charge in [0, 0.05) is 0 Å². The fourth-order valence-corrected chi connectivity index (χ4v) is 1.51. The molecule has 0 aromatic heterocycles. The quantitative estimate of drug-likeness (QED) is 0.692. The number of methoxy groups -OCH3 is 1. The average Bonchev–Trinajstić information content (AvgIpc) is 1.88. The SMILES string of the molecule is [CH2]c1ccc(OC)c(I)c1. The van der Waals surface area contributed by atoms with Gasteiger partial charge in [-0.3, -0.25) is 0 Å². The van der Waals surface area contributed by atoms with Crippen molar-refractivity contribution >= 4 is 22.6 Å². The number of ether oxygens (including phenoxy) is 1. The number of halogens is 1. The Morgan fingerprint density at radius 2 is 2.20 bits per heavy atom. The molecule has 1 radical (unpaired) electrons. The van der Waals surface area contributed by atoms with Crippen molar-refractivity contribution in [3.8, 4) is 5.75 Å². The van der Waals surface area contributed by atoms with Gasteiger partial charge in [-0.1, -0.05) is 6.07 Å². The monoisotopic (exact) mass is 247 g/mol. The summed E-state index contributed by atoms with van der Waals surface area (Å²) in [5.41, 5.74) is 1.02. The molecule has 0 spiro atoms. The van der Waals surface area contributed by atoms with Crippen LogP contribution in [0.3, 0.4) is 0 Å². The Bertz CT molecular complexity index is 233. The van der Waals surface area contributed by atoms with Crippen LogP contribution in [0.4, 0.5) is 0 Å². The summed E-state index contributed by atoms with van der Waals surface area (Å²) in [6.45, 7) is 3.80. The first-order valence-corrected chi connectivity index (χ1v) is 3.97. The van der Waals surface area contributed by atoms with Crippen LogP contribution < -0.4 is 4.74 Å². The van der Waals surface area contributed by atoms with Gasteiger partial charge in [-0.2, -0.15) is 0 Å². The summed E-state index contributed by atoms with van der Waals surface area (Å²) in [5.74, 6) is 0.910. The predicted molar refractivity (Wildman–Crippen MR) is 50.2 cm³/mol. The van der Waals surface area contributed by atoms with E-state index in [-0.39, 0.29) is 0 Å². The van der Waals surface area contributed by atoms with E-state index in [0.29, 0.717) is 0 Å². The smallest absolute Gasteiger partial charge is 0.132 e. The van der Waals surface area contributed by atoms with Gasteiger partial charge in [0.05, 0.1) is 10.7 Å². The number of benzene rings is 1. The van der Waals surface area contributed by atoms with Crippen LogP contribution in [-0.2, 0) is 0 Å². The Morgan fingerprint density at radius 3 is 2.70 bits per heavy atom. The summed E-state index contributed by atoms with van der Waals surface area (Å²) in [7, 11) is 1.67. The highest BCUT2D eigenvalue weighted by Crippen LogP contribution is 2.20. The van der Waals surface area contributed by atoms with Gasteiger partial charge in [0.25, 0.3) is 0 Å². The minimum absolute atomic E-state index is 0.910. The van der Waals surface area contributed by atoms with Crippen LogP contribution in [-0.4, -0.2) is 7.11 Å². The van der Waals surface area contributed by atoms with Crippen molar-refractivity contribution in [2.75, 3.05) is 7.11 Å². The van der Waals surface area contributed by atoms with E-state index in [1.54, 1.807) is 7.11 Å². The summed E-state index contributed by atoms with van der Waals surface area (Å²) < 4.78 is 6.17. The van der Waals surface area contributed by atoms with Crippen molar-refractivity contribution in [1.29, 1.82) is 0 Å². The Morgan fingerprint density at radius 1 is 1.50 bits per heavy atom. The summed E-state index contributed by atoms with van der Waals surface area (Å²) in [6, 6.07) is 5.84. The summed E-state index contributed by atoms with van der Waals surface area (Å²) >= 11 is 2.22. The zero-order valence-electron chi connectivity index (χ0n) is 5.73. The van der Waals surface area contributed by atoms with Gasteiger partial charge in [-0.25, -0.2) is 0 Å². The third-order valence-corrected chi connectivity index (χ3v) is 2.06. The normalized spacial score (nSPS) is 9.50. The van der Waals surface area contributed by atoms with Gasteiger partial charge >= 0.3 is 0 Å². The van der Waals surface area contributed by atoms with Crippen molar-refractivity contribution in [3.05, 3.63) is 34.3 Å². The molecule has 1 aromatic carbocycles. The zero-order valence-corrected chi connectivity index (χ0v) is 7.88. The van der Waals surface area contributed by atoms with Crippen molar-refractivity contribution in [3.63, 3.8) is 0 Å². The van der Waals surface area contributed by atoms with E-state index in [1.807, 2.05) is 18.2 Å². The van der Waals surface area contributed by atoms with Gasteiger partial charge < -0.3 is 4.74 Å². The van der Waals surface area contributed by atoms with E-state index in [1.165, 1.54) is 0 Å². The molecule has 0 amide bonds. The summed E-state index contributed by atoms with van der Waals surface area (Å²) in [5, 5.41) is 0. The second-order valence-electron chi connectivity index (χ2n) is 1.97. The highest BCUT2D eigenvalue weighted by Gasteiger charge is 1.96. The molecule has 1 aromatic rings. The van der Waals surface area contributed by atoms with Crippen molar-refractivity contribution < 1.29 is 4.74 Å². The fourth-order valence-electron chi connectivity index (χ4n) is 0.710. The van der Waals surface area contributed by atoms with Gasteiger partial charge in [0.15, 0.2) is 0 Å². The van der Waals surface area contributed by atoms with Crippen LogP contribution >= 0.6 is 22.6 Å². The lowest BCUT2D eigenvalue weighted by Gasteiger charge is -2.02. The lowest BCUT2D eigenvalue weighted by atomic mass is 10.2. The van der Waals surface area contributed by atoms with E-state index in [2.05, 4.69) is 29.5 Å². The number of hydrogen-bond donors (Lipinski definition) is 0. The molecule has 0 aliphatic carbocycles. The molecule has 10 heavy (non-hydrogen) atoms. The summed E-state index contributed by atoms with van der Waals surface area (Å²) in [4.78, 5) is 0. The molecule has 1 rings (SSSR count). The maximum Gasteiger partial charge on any atom is 0.132 e. The van der Waals surface area contributed by atoms with Crippen LogP contribution in [0.1, 0.15) is 5.56 Å². The molecule has 0 bridgehead atoms. The molecule has 0 aliphatic heterocycles.